The summed E-state index contributed by atoms with van der Waals surface area (Å²) in [6.45, 7) is 17.9. The molecule has 0 radical (unpaired) electrons. The highest BCUT2D eigenvalue weighted by atomic mass is 32.2. The number of carbonyl (C=O) groups is 5. The van der Waals surface area contributed by atoms with Gasteiger partial charge in [0.1, 0.15) is 18.3 Å². The van der Waals surface area contributed by atoms with Crippen LogP contribution in [0.3, 0.4) is 0 Å². The number of rotatable bonds is 14. The quantitative estimate of drug-likeness (QED) is 0.125. The first-order chi connectivity index (χ1) is 21.8. The number of fused-ring (bicyclic) bond motifs is 2. The lowest BCUT2D eigenvalue weighted by atomic mass is 9.85. The minimum Gasteiger partial charge on any atom is -0.598 e. The van der Waals surface area contributed by atoms with Gasteiger partial charge in [-0.2, -0.15) is 0 Å². The van der Waals surface area contributed by atoms with Crippen LogP contribution in [0, 0.1) is 28.1 Å². The molecule has 0 bridgehead atoms. The maximum Gasteiger partial charge on any atom is 0.315 e. The maximum absolute atomic E-state index is 14.5. The SMILES string of the molecule is C=CCNC(=O)C(=O)C(CCC)NC(=O)[C@@H]1[C@H]2CCC3(CC3)[C@H]2CN1C(=O)[C@@H](NC(=O)N[C@H](CN(C)[S+](C)[O-])C(C)(C)C)C(C)(C)C. The third kappa shape index (κ3) is 9.29. The number of Topliss-reactive ketones (excluding diaryl/α,β-unsaturated/α-hetero) is 1. The summed E-state index contributed by atoms with van der Waals surface area (Å²) < 4.78 is 13.7. The molecule has 1 aliphatic heterocycles. The smallest absolute Gasteiger partial charge is 0.315 e. The Morgan fingerprint density at radius 3 is 2.19 bits per heavy atom. The van der Waals surface area contributed by atoms with E-state index in [2.05, 4.69) is 27.8 Å². The van der Waals surface area contributed by atoms with E-state index in [0.29, 0.717) is 19.5 Å². The molecule has 4 N–H and O–H groups in total. The Balaban J connectivity index is 1.87. The van der Waals surface area contributed by atoms with E-state index in [1.165, 1.54) is 6.08 Å². The first kappa shape index (κ1) is 38.8. The molecule has 266 valence electrons. The molecular weight excluding hydrogens is 620 g/mol. The lowest BCUT2D eigenvalue weighted by Gasteiger charge is -2.38. The lowest BCUT2D eigenvalue weighted by molar-refractivity contribution is -0.144. The van der Waals surface area contributed by atoms with E-state index < -0.39 is 58.5 Å². The first-order valence-corrected chi connectivity index (χ1v) is 18.4. The van der Waals surface area contributed by atoms with E-state index in [1.807, 2.05) is 48.5 Å². The van der Waals surface area contributed by atoms with Gasteiger partial charge in [0.2, 0.25) is 17.6 Å². The van der Waals surface area contributed by atoms with Gasteiger partial charge in [-0.05, 0) is 60.2 Å². The second-order valence-electron chi connectivity index (χ2n) is 15.9. The van der Waals surface area contributed by atoms with E-state index in [0.717, 1.165) is 25.7 Å². The van der Waals surface area contributed by atoms with E-state index in [-0.39, 0.29) is 47.6 Å². The van der Waals surface area contributed by atoms with Gasteiger partial charge in [-0.25, -0.2) is 4.79 Å². The zero-order chi connectivity index (χ0) is 35.5. The summed E-state index contributed by atoms with van der Waals surface area (Å²) in [7, 11) is 1.73. The van der Waals surface area contributed by atoms with E-state index in [4.69, 9.17) is 0 Å². The van der Waals surface area contributed by atoms with Crippen molar-refractivity contribution in [3.63, 3.8) is 0 Å². The van der Waals surface area contributed by atoms with Crippen LogP contribution in [-0.2, 0) is 30.5 Å². The number of nitrogens with one attached hydrogen (secondary N) is 4. The van der Waals surface area contributed by atoms with Crippen LogP contribution in [0.25, 0.3) is 0 Å². The van der Waals surface area contributed by atoms with Gasteiger partial charge in [-0.3, -0.25) is 19.2 Å². The topological polar surface area (TPSA) is 163 Å². The van der Waals surface area contributed by atoms with Crippen molar-refractivity contribution in [2.75, 3.05) is 32.9 Å². The van der Waals surface area contributed by atoms with Gasteiger partial charge in [0.05, 0.1) is 18.6 Å². The Bertz CT molecular complexity index is 1190. The van der Waals surface area contributed by atoms with Crippen molar-refractivity contribution < 1.29 is 28.5 Å². The predicted molar refractivity (Wildman–Crippen MR) is 183 cm³/mol. The molecule has 2 unspecified atom stereocenters. The van der Waals surface area contributed by atoms with Crippen molar-refractivity contribution in [1.29, 1.82) is 0 Å². The van der Waals surface area contributed by atoms with Crippen LogP contribution >= 0.6 is 0 Å². The van der Waals surface area contributed by atoms with Crippen LogP contribution in [0.5, 0.6) is 0 Å². The third-order valence-electron chi connectivity index (χ3n) is 10.3. The molecule has 0 aromatic carbocycles. The Kier molecular flexibility index (Phi) is 12.6. The van der Waals surface area contributed by atoms with Gasteiger partial charge in [0.25, 0.3) is 5.91 Å². The van der Waals surface area contributed by atoms with Crippen molar-refractivity contribution in [3.8, 4) is 0 Å². The minimum atomic E-state index is -1.22. The summed E-state index contributed by atoms with van der Waals surface area (Å²) >= 11 is -1.22. The molecule has 3 aliphatic rings. The van der Waals surface area contributed by atoms with Crippen LogP contribution < -0.4 is 21.3 Å². The average molecular weight is 679 g/mol. The molecule has 0 aromatic heterocycles. The van der Waals surface area contributed by atoms with Crippen LogP contribution in [0.15, 0.2) is 12.7 Å². The van der Waals surface area contributed by atoms with E-state index in [1.54, 1.807) is 22.5 Å². The zero-order valence-electron chi connectivity index (χ0n) is 29.9. The van der Waals surface area contributed by atoms with Crippen molar-refractivity contribution in [1.82, 2.24) is 30.5 Å². The summed E-state index contributed by atoms with van der Waals surface area (Å²) in [5, 5.41) is 11.3. The standard InChI is InChI=1S/C34H58N6O6S/c1-11-13-23(26(41)29(43)35-18-12-2)36-28(42)25-21-14-15-34(16-17-34)22(21)19-40(25)30(44)27(33(6,7)8)38-31(45)37-24(32(3,4)5)20-39(9)47(10)46/h12,21-25,27H,2,11,13-20H2,1,3-10H3,(H,35,43)(H,36,42)(H2,37,38,45)/t21-,22-,23?,24+,25-,27+,47?/m0/s1. The molecule has 13 heteroatoms. The Morgan fingerprint density at radius 2 is 1.68 bits per heavy atom. The normalized spacial score (nSPS) is 24.1. The number of nitrogens with zero attached hydrogens (tertiary/aromatic N) is 2. The van der Waals surface area contributed by atoms with Gasteiger partial charge in [0, 0.05) is 31.5 Å². The van der Waals surface area contributed by atoms with Gasteiger partial charge in [-0.1, -0.05) is 61.0 Å². The molecule has 3 rings (SSSR count). The average Bonchev–Trinajstić information content (AvgIpc) is 3.54. The highest BCUT2D eigenvalue weighted by molar-refractivity contribution is 7.88. The fraction of sp³-hybridized carbons (Fsp3) is 0.794. The molecule has 0 aromatic rings. The van der Waals surface area contributed by atoms with E-state index in [9.17, 15) is 28.5 Å². The van der Waals surface area contributed by atoms with Crippen LogP contribution in [-0.4, -0.2) is 100 Å². The van der Waals surface area contributed by atoms with Crippen molar-refractivity contribution in [3.05, 3.63) is 12.7 Å². The number of amides is 5. The molecule has 12 nitrogen and oxygen atoms in total. The largest absolute Gasteiger partial charge is 0.598 e. The second-order valence-corrected chi connectivity index (χ2v) is 17.4. The Morgan fingerprint density at radius 1 is 1.04 bits per heavy atom. The number of likely N-dealkylation sites (tertiary alicyclic amines) is 1. The number of hydrogen-bond acceptors (Lipinski definition) is 7. The summed E-state index contributed by atoms with van der Waals surface area (Å²) in [6.07, 6.45) is 7.85. The molecule has 2 saturated carbocycles. The highest BCUT2D eigenvalue weighted by Gasteiger charge is 2.64. The molecule has 3 fully saturated rings. The fourth-order valence-corrected chi connectivity index (χ4v) is 7.53. The Labute approximate surface area is 284 Å². The van der Waals surface area contributed by atoms with Crippen LogP contribution in [0.4, 0.5) is 4.79 Å². The summed E-state index contributed by atoms with van der Waals surface area (Å²) in [6, 6.07) is -3.68. The second kappa shape index (κ2) is 15.3. The monoisotopic (exact) mass is 678 g/mol. The Hall–Kier alpha value is -2.64. The third-order valence-corrected chi connectivity index (χ3v) is 11.3. The maximum atomic E-state index is 14.5. The van der Waals surface area contributed by atoms with Gasteiger partial charge in [0.15, 0.2) is 0 Å². The van der Waals surface area contributed by atoms with Crippen molar-refractivity contribution in [2.24, 2.45) is 28.1 Å². The molecule has 2 aliphatic carbocycles. The molecule has 5 amide bonds. The van der Waals surface area contributed by atoms with Crippen LogP contribution in [0.2, 0.25) is 0 Å². The van der Waals surface area contributed by atoms with Crippen molar-refractivity contribution >= 4 is 40.9 Å². The molecule has 1 saturated heterocycles. The number of likely N-dealkylation sites (N-methyl/N-ethyl adjacent to an activating group) is 1. The summed E-state index contributed by atoms with van der Waals surface area (Å²) in [4.78, 5) is 69.4. The zero-order valence-corrected chi connectivity index (χ0v) is 30.7. The molecule has 1 heterocycles. The number of carbonyl (C=O) groups excluding carboxylic acids is 5. The molecule has 47 heavy (non-hydrogen) atoms. The predicted octanol–water partition coefficient (Wildman–Crippen LogP) is 2.51. The van der Waals surface area contributed by atoms with Gasteiger partial charge < -0.3 is 30.7 Å². The summed E-state index contributed by atoms with van der Waals surface area (Å²) in [5.74, 6) is -2.21. The molecule has 7 atom stereocenters. The first-order valence-electron chi connectivity index (χ1n) is 16.9. The van der Waals surface area contributed by atoms with Gasteiger partial charge in [-0.15, -0.1) is 10.9 Å². The lowest BCUT2D eigenvalue weighted by Crippen LogP contribution is -2.62. The molecular formula is C34H58N6O6S. The number of ketones is 1. The summed E-state index contributed by atoms with van der Waals surface area (Å²) in [5.41, 5.74) is -0.933. The highest BCUT2D eigenvalue weighted by Crippen LogP contribution is 2.66. The number of hydrogen-bond donors (Lipinski definition) is 4. The number of urea groups is 1. The fourth-order valence-electron chi connectivity index (χ4n) is 7.17. The van der Waals surface area contributed by atoms with Crippen molar-refractivity contribution in [2.45, 2.75) is 111 Å². The van der Waals surface area contributed by atoms with Gasteiger partial charge >= 0.3 is 6.03 Å². The minimum absolute atomic E-state index is 0.0708. The molecule has 1 spiro atoms. The van der Waals surface area contributed by atoms with E-state index >= 15 is 0 Å². The van der Waals surface area contributed by atoms with Crippen LogP contribution in [0.1, 0.15) is 87.0 Å².